The van der Waals surface area contributed by atoms with E-state index in [-0.39, 0.29) is 0 Å². The Morgan fingerprint density at radius 3 is 2.28 bits per heavy atom. The van der Waals surface area contributed by atoms with E-state index in [0.717, 1.165) is 25.4 Å². The molecule has 0 bridgehead atoms. The van der Waals surface area contributed by atoms with E-state index in [1.165, 1.54) is 36.8 Å². The Hall–Kier alpha value is -0.530. The lowest BCUT2D eigenvalue weighted by atomic mass is 9.89. The Bertz CT molecular complexity index is 339. The van der Waals surface area contributed by atoms with Gasteiger partial charge >= 0.3 is 0 Å². The molecule has 100 valence electrons. The lowest BCUT2D eigenvalue weighted by molar-refractivity contribution is 0.345. The van der Waals surface area contributed by atoms with E-state index in [2.05, 4.69) is 36.5 Å². The molecule has 1 N–H and O–H groups in total. The maximum absolute atomic E-state index is 6.12. The highest BCUT2D eigenvalue weighted by atomic mass is 35.5. The van der Waals surface area contributed by atoms with Gasteiger partial charge in [-0.05, 0) is 55.7 Å². The van der Waals surface area contributed by atoms with Crippen LogP contribution in [0, 0.1) is 5.92 Å². The average Bonchev–Trinajstić information content (AvgIpc) is 2.42. The largest absolute Gasteiger partial charge is 0.312 e. The second kappa shape index (κ2) is 7.16. The molecule has 1 fully saturated rings. The summed E-state index contributed by atoms with van der Waals surface area (Å²) in [6, 6.07) is 8.94. The molecule has 0 radical (unpaired) electrons. The average molecular weight is 266 g/mol. The van der Waals surface area contributed by atoms with Crippen molar-refractivity contribution in [2.45, 2.75) is 50.9 Å². The minimum absolute atomic E-state index is 0.433. The molecule has 0 amide bonds. The second-order valence-electron chi connectivity index (χ2n) is 5.42. The Morgan fingerprint density at radius 2 is 1.67 bits per heavy atom. The maximum Gasteiger partial charge on any atom is 0.0336 e. The Balaban J connectivity index is 1.68. The van der Waals surface area contributed by atoms with Crippen LogP contribution in [0.25, 0.3) is 0 Å². The summed E-state index contributed by atoms with van der Waals surface area (Å²) in [4.78, 5) is 0. The van der Waals surface area contributed by atoms with Crippen molar-refractivity contribution in [2.24, 2.45) is 5.92 Å². The van der Waals surface area contributed by atoms with Crippen molar-refractivity contribution in [1.82, 2.24) is 5.32 Å². The maximum atomic E-state index is 6.12. The van der Waals surface area contributed by atoms with Gasteiger partial charge in [-0.15, -0.1) is 11.6 Å². The minimum atomic E-state index is 0.433. The molecular formula is C16H24ClN. The van der Waals surface area contributed by atoms with Gasteiger partial charge in [-0.3, -0.25) is 0 Å². The van der Waals surface area contributed by atoms with Crippen LogP contribution >= 0.6 is 11.6 Å². The molecule has 0 atom stereocenters. The van der Waals surface area contributed by atoms with Crippen molar-refractivity contribution < 1.29 is 0 Å². The first-order chi connectivity index (χ1) is 8.78. The first-order valence-corrected chi connectivity index (χ1v) is 7.64. The normalized spacial score (nSPS) is 24.1. The topological polar surface area (TPSA) is 12.0 Å². The van der Waals surface area contributed by atoms with Gasteiger partial charge in [0, 0.05) is 11.9 Å². The molecule has 18 heavy (non-hydrogen) atoms. The molecule has 0 heterocycles. The number of rotatable bonds is 5. The van der Waals surface area contributed by atoms with Gasteiger partial charge in [0.15, 0.2) is 0 Å². The number of hydrogen-bond donors (Lipinski definition) is 1. The van der Waals surface area contributed by atoms with E-state index >= 15 is 0 Å². The third-order valence-electron chi connectivity index (χ3n) is 3.97. The highest BCUT2D eigenvalue weighted by molar-refractivity contribution is 6.20. The molecule has 0 aliphatic heterocycles. The van der Waals surface area contributed by atoms with E-state index in [9.17, 15) is 0 Å². The first kappa shape index (κ1) is 13.9. The van der Waals surface area contributed by atoms with Gasteiger partial charge < -0.3 is 5.32 Å². The monoisotopic (exact) mass is 265 g/mol. The number of benzene rings is 1. The molecule has 1 saturated carbocycles. The van der Waals surface area contributed by atoms with Crippen LogP contribution in [0.4, 0.5) is 0 Å². The second-order valence-corrected chi connectivity index (χ2v) is 6.04. The third kappa shape index (κ3) is 4.29. The number of nitrogens with one attached hydrogen (secondary N) is 1. The SMILES string of the molecule is CCc1ccc(CNCC2CCC(Cl)CC2)cc1. The smallest absolute Gasteiger partial charge is 0.0336 e. The molecule has 1 aliphatic rings. The first-order valence-electron chi connectivity index (χ1n) is 7.20. The van der Waals surface area contributed by atoms with E-state index in [4.69, 9.17) is 11.6 Å². The fourth-order valence-electron chi connectivity index (χ4n) is 2.64. The zero-order chi connectivity index (χ0) is 12.8. The third-order valence-corrected chi connectivity index (χ3v) is 4.41. The van der Waals surface area contributed by atoms with Gasteiger partial charge in [-0.25, -0.2) is 0 Å². The number of hydrogen-bond acceptors (Lipinski definition) is 1. The summed E-state index contributed by atoms with van der Waals surface area (Å²) in [7, 11) is 0. The van der Waals surface area contributed by atoms with E-state index in [0.29, 0.717) is 5.38 Å². The molecule has 1 aromatic carbocycles. The molecule has 0 unspecified atom stereocenters. The number of aryl methyl sites for hydroxylation is 1. The van der Waals surface area contributed by atoms with Gasteiger partial charge in [-0.1, -0.05) is 31.2 Å². The summed E-state index contributed by atoms with van der Waals surface area (Å²) in [6.07, 6.45) is 6.08. The highest BCUT2D eigenvalue weighted by Crippen LogP contribution is 2.26. The van der Waals surface area contributed by atoms with Crippen molar-refractivity contribution in [3.63, 3.8) is 0 Å². The zero-order valence-corrected chi connectivity index (χ0v) is 12.0. The summed E-state index contributed by atoms with van der Waals surface area (Å²) in [5, 5.41) is 4.01. The summed E-state index contributed by atoms with van der Waals surface area (Å²) >= 11 is 6.12. The summed E-state index contributed by atoms with van der Waals surface area (Å²) in [5.41, 5.74) is 2.80. The Labute approximate surface area is 116 Å². The summed E-state index contributed by atoms with van der Waals surface area (Å²) in [5.74, 6) is 0.829. The molecule has 1 nitrogen and oxygen atoms in total. The molecule has 0 aromatic heterocycles. The van der Waals surface area contributed by atoms with Gasteiger partial charge in [0.1, 0.15) is 0 Å². The van der Waals surface area contributed by atoms with Crippen molar-refractivity contribution in [1.29, 1.82) is 0 Å². The van der Waals surface area contributed by atoms with Crippen LogP contribution in [0.15, 0.2) is 24.3 Å². The minimum Gasteiger partial charge on any atom is -0.312 e. The molecule has 1 aliphatic carbocycles. The van der Waals surface area contributed by atoms with Crippen molar-refractivity contribution in [2.75, 3.05) is 6.54 Å². The Kier molecular flexibility index (Phi) is 5.52. The standard InChI is InChI=1S/C16H24ClN/c1-2-13-3-5-14(6-4-13)11-18-12-15-7-9-16(17)10-8-15/h3-6,15-16,18H,2,7-12H2,1H3. The predicted molar refractivity (Wildman–Crippen MR) is 79.1 cm³/mol. The van der Waals surface area contributed by atoms with Gasteiger partial charge in [0.25, 0.3) is 0 Å². The van der Waals surface area contributed by atoms with Crippen molar-refractivity contribution in [3.8, 4) is 0 Å². The van der Waals surface area contributed by atoms with Crippen LogP contribution in [0.5, 0.6) is 0 Å². The van der Waals surface area contributed by atoms with Crippen LogP contribution in [0.2, 0.25) is 0 Å². The molecule has 2 rings (SSSR count). The fraction of sp³-hybridized carbons (Fsp3) is 0.625. The molecule has 1 aromatic rings. The lowest BCUT2D eigenvalue weighted by Gasteiger charge is -2.25. The van der Waals surface area contributed by atoms with E-state index in [1.54, 1.807) is 0 Å². The lowest BCUT2D eigenvalue weighted by Crippen LogP contribution is -2.26. The zero-order valence-electron chi connectivity index (χ0n) is 11.3. The van der Waals surface area contributed by atoms with Gasteiger partial charge in [-0.2, -0.15) is 0 Å². The van der Waals surface area contributed by atoms with Crippen molar-refractivity contribution in [3.05, 3.63) is 35.4 Å². The molecule has 0 spiro atoms. The molecule has 0 saturated heterocycles. The van der Waals surface area contributed by atoms with Gasteiger partial charge in [0.2, 0.25) is 0 Å². The van der Waals surface area contributed by atoms with Crippen LogP contribution < -0.4 is 5.32 Å². The van der Waals surface area contributed by atoms with Gasteiger partial charge in [0.05, 0.1) is 0 Å². The van der Waals surface area contributed by atoms with E-state index in [1.807, 2.05) is 0 Å². The summed E-state index contributed by atoms with van der Waals surface area (Å²) in [6.45, 7) is 4.32. The van der Waals surface area contributed by atoms with Crippen LogP contribution in [-0.4, -0.2) is 11.9 Å². The predicted octanol–water partition coefficient (Wildman–Crippen LogP) is 4.14. The number of halogens is 1. The summed E-state index contributed by atoms with van der Waals surface area (Å²) < 4.78 is 0. The van der Waals surface area contributed by atoms with E-state index < -0.39 is 0 Å². The number of alkyl halides is 1. The van der Waals surface area contributed by atoms with Crippen LogP contribution in [-0.2, 0) is 13.0 Å². The molecule has 2 heteroatoms. The highest BCUT2D eigenvalue weighted by Gasteiger charge is 2.18. The quantitative estimate of drug-likeness (QED) is 0.789. The fourth-order valence-corrected chi connectivity index (χ4v) is 2.89. The Morgan fingerprint density at radius 1 is 1.06 bits per heavy atom. The molecular weight excluding hydrogens is 242 g/mol. The van der Waals surface area contributed by atoms with Crippen molar-refractivity contribution >= 4 is 11.6 Å². The van der Waals surface area contributed by atoms with Crippen LogP contribution in [0.1, 0.15) is 43.7 Å². The van der Waals surface area contributed by atoms with Crippen LogP contribution in [0.3, 0.4) is 0 Å².